The third-order valence-corrected chi connectivity index (χ3v) is 5.75. The van der Waals surface area contributed by atoms with Gasteiger partial charge in [-0.2, -0.15) is 5.26 Å². The molecule has 1 N–H and O–H groups in total. The van der Waals surface area contributed by atoms with Crippen molar-refractivity contribution in [2.24, 2.45) is 5.92 Å². The first-order valence-corrected chi connectivity index (χ1v) is 8.96. The Balaban J connectivity index is 1.90. The topological polar surface area (TPSA) is 35.8 Å². The Bertz CT molecular complexity index is 520. The summed E-state index contributed by atoms with van der Waals surface area (Å²) >= 11 is 1.92. The van der Waals surface area contributed by atoms with Crippen molar-refractivity contribution in [2.45, 2.75) is 56.9 Å². The summed E-state index contributed by atoms with van der Waals surface area (Å²) in [6, 6.07) is 9.26. The molecule has 1 saturated carbocycles. The van der Waals surface area contributed by atoms with Crippen molar-refractivity contribution in [1.82, 2.24) is 5.32 Å². The zero-order chi connectivity index (χ0) is 15.3. The van der Waals surface area contributed by atoms with Crippen LogP contribution < -0.4 is 5.32 Å². The third kappa shape index (κ3) is 3.81. The lowest BCUT2D eigenvalue weighted by atomic mass is 9.86. The molecule has 1 aromatic carbocycles. The molecule has 0 spiro atoms. The number of thioether (sulfide) groups is 1. The van der Waals surface area contributed by atoms with E-state index in [4.69, 9.17) is 0 Å². The summed E-state index contributed by atoms with van der Waals surface area (Å²) in [5.74, 6) is 1.60. The van der Waals surface area contributed by atoms with Crippen LogP contribution in [0.15, 0.2) is 23.1 Å². The van der Waals surface area contributed by atoms with E-state index in [1.54, 1.807) is 0 Å². The fourth-order valence-corrected chi connectivity index (χ4v) is 4.39. The molecule has 0 heterocycles. The maximum atomic E-state index is 9.58. The molecular weight excluding hydrogens is 276 g/mol. The van der Waals surface area contributed by atoms with E-state index in [1.807, 2.05) is 11.8 Å². The third-order valence-electron chi connectivity index (χ3n) is 4.73. The van der Waals surface area contributed by atoms with Crippen LogP contribution >= 0.6 is 11.8 Å². The lowest BCUT2D eigenvalue weighted by Crippen LogP contribution is -2.47. The summed E-state index contributed by atoms with van der Waals surface area (Å²) in [4.78, 5) is 1.35. The molecule has 1 aromatic rings. The Morgan fingerprint density at radius 1 is 1.38 bits per heavy atom. The fourth-order valence-electron chi connectivity index (χ4n) is 3.33. The number of hydrogen-bond donors (Lipinski definition) is 1. The molecule has 0 aliphatic heterocycles. The van der Waals surface area contributed by atoms with Crippen LogP contribution in [0.2, 0.25) is 0 Å². The zero-order valence-corrected chi connectivity index (χ0v) is 14.2. The Labute approximate surface area is 133 Å². The quantitative estimate of drug-likeness (QED) is 0.788. The number of rotatable bonds is 6. The average Bonchev–Trinajstić information content (AvgIpc) is 2.87. The number of hydrogen-bond acceptors (Lipinski definition) is 3. The lowest BCUT2D eigenvalue weighted by Gasteiger charge is -2.29. The fraction of sp³-hybridized carbons (Fsp3) is 0.611. The lowest BCUT2D eigenvalue weighted by molar-refractivity contribution is 0.317. The first-order chi connectivity index (χ1) is 10.1. The monoisotopic (exact) mass is 302 g/mol. The molecule has 0 bridgehead atoms. The molecule has 3 heteroatoms. The van der Waals surface area contributed by atoms with Gasteiger partial charge in [0.25, 0.3) is 0 Å². The van der Waals surface area contributed by atoms with Crippen molar-refractivity contribution in [3.63, 3.8) is 0 Å². The van der Waals surface area contributed by atoms with Gasteiger partial charge in [-0.05, 0) is 74.6 Å². The van der Waals surface area contributed by atoms with E-state index in [0.717, 1.165) is 25.1 Å². The van der Waals surface area contributed by atoms with Gasteiger partial charge in [0.1, 0.15) is 5.54 Å². The van der Waals surface area contributed by atoms with Crippen LogP contribution in [-0.2, 0) is 0 Å². The Kier molecular flexibility index (Phi) is 5.72. The summed E-state index contributed by atoms with van der Waals surface area (Å²) in [6.07, 6.45) is 4.50. The molecule has 0 aromatic heterocycles. The van der Waals surface area contributed by atoms with Crippen molar-refractivity contribution in [3.8, 4) is 6.07 Å². The van der Waals surface area contributed by atoms with Gasteiger partial charge in [0, 0.05) is 4.90 Å². The zero-order valence-electron chi connectivity index (χ0n) is 13.4. The second-order valence-corrected chi connectivity index (χ2v) is 7.25. The summed E-state index contributed by atoms with van der Waals surface area (Å²) in [5, 5.41) is 13.0. The molecule has 0 radical (unpaired) electrons. The number of nitrogens with zero attached hydrogens (tertiary/aromatic N) is 1. The first-order valence-electron chi connectivity index (χ1n) is 7.97. The molecule has 2 rings (SSSR count). The molecule has 2 atom stereocenters. The van der Waals surface area contributed by atoms with Gasteiger partial charge < -0.3 is 0 Å². The highest BCUT2D eigenvalue weighted by molar-refractivity contribution is 7.99. The number of benzene rings is 1. The van der Waals surface area contributed by atoms with Gasteiger partial charge in [0.05, 0.1) is 6.07 Å². The first kappa shape index (κ1) is 16.4. The van der Waals surface area contributed by atoms with E-state index in [2.05, 4.69) is 50.4 Å². The second kappa shape index (κ2) is 7.33. The number of aryl methyl sites for hydroxylation is 2. The minimum atomic E-state index is -0.265. The standard InChI is InChI=1S/C18H26N2S/c1-4-20-18(13-19)10-5-6-16(18)9-11-21-17-8-7-14(2)15(3)12-17/h7-8,12,16,20H,4-6,9-11H2,1-3H3. The maximum Gasteiger partial charge on any atom is 0.109 e. The molecule has 2 nitrogen and oxygen atoms in total. The minimum absolute atomic E-state index is 0.265. The van der Waals surface area contributed by atoms with Crippen molar-refractivity contribution in [1.29, 1.82) is 5.26 Å². The van der Waals surface area contributed by atoms with Gasteiger partial charge in [0.2, 0.25) is 0 Å². The van der Waals surface area contributed by atoms with E-state index in [0.29, 0.717) is 5.92 Å². The Morgan fingerprint density at radius 3 is 2.86 bits per heavy atom. The molecule has 114 valence electrons. The number of nitriles is 1. The smallest absolute Gasteiger partial charge is 0.109 e. The van der Waals surface area contributed by atoms with E-state index < -0.39 is 0 Å². The summed E-state index contributed by atoms with van der Waals surface area (Å²) in [5.41, 5.74) is 2.45. The van der Waals surface area contributed by atoms with Crippen LogP contribution in [0.3, 0.4) is 0 Å². The predicted octanol–water partition coefficient (Wildman–Crippen LogP) is 4.46. The maximum absolute atomic E-state index is 9.58. The van der Waals surface area contributed by atoms with Crippen molar-refractivity contribution in [3.05, 3.63) is 29.3 Å². The molecule has 0 saturated heterocycles. The summed E-state index contributed by atoms with van der Waals surface area (Å²) in [6.45, 7) is 7.30. The Hall–Kier alpha value is -0.980. The van der Waals surface area contributed by atoms with Gasteiger partial charge in [0.15, 0.2) is 0 Å². The van der Waals surface area contributed by atoms with Gasteiger partial charge in [-0.1, -0.05) is 19.4 Å². The molecular formula is C18H26N2S. The largest absolute Gasteiger partial charge is 0.299 e. The van der Waals surface area contributed by atoms with E-state index in [9.17, 15) is 5.26 Å². The Morgan fingerprint density at radius 2 is 2.19 bits per heavy atom. The van der Waals surface area contributed by atoms with Gasteiger partial charge >= 0.3 is 0 Å². The highest BCUT2D eigenvalue weighted by Crippen LogP contribution is 2.38. The van der Waals surface area contributed by atoms with Gasteiger partial charge in [-0.3, -0.25) is 5.32 Å². The van der Waals surface area contributed by atoms with Crippen LogP contribution in [0.1, 0.15) is 43.7 Å². The van der Waals surface area contributed by atoms with Gasteiger partial charge in [-0.25, -0.2) is 0 Å². The molecule has 1 fully saturated rings. The van der Waals surface area contributed by atoms with E-state index in [-0.39, 0.29) is 5.54 Å². The van der Waals surface area contributed by atoms with Crippen LogP contribution in [0, 0.1) is 31.1 Å². The van der Waals surface area contributed by atoms with Crippen molar-refractivity contribution in [2.75, 3.05) is 12.3 Å². The van der Waals surface area contributed by atoms with E-state index in [1.165, 1.54) is 28.9 Å². The predicted molar refractivity (Wildman–Crippen MR) is 90.6 cm³/mol. The van der Waals surface area contributed by atoms with Gasteiger partial charge in [-0.15, -0.1) is 11.8 Å². The highest BCUT2D eigenvalue weighted by atomic mass is 32.2. The normalized spacial score (nSPS) is 25.0. The van der Waals surface area contributed by atoms with Crippen LogP contribution in [0.4, 0.5) is 0 Å². The molecule has 1 aliphatic rings. The molecule has 2 unspecified atom stereocenters. The summed E-state index contributed by atoms with van der Waals surface area (Å²) < 4.78 is 0. The minimum Gasteiger partial charge on any atom is -0.299 e. The molecule has 1 aliphatic carbocycles. The SMILES string of the molecule is CCNC1(C#N)CCCC1CCSc1ccc(C)c(C)c1. The van der Waals surface area contributed by atoms with Crippen LogP contribution in [0.5, 0.6) is 0 Å². The second-order valence-electron chi connectivity index (χ2n) is 6.09. The average molecular weight is 302 g/mol. The molecule has 0 amide bonds. The molecule has 21 heavy (non-hydrogen) atoms. The van der Waals surface area contributed by atoms with Crippen molar-refractivity contribution < 1.29 is 0 Å². The summed E-state index contributed by atoms with van der Waals surface area (Å²) in [7, 11) is 0. The highest BCUT2D eigenvalue weighted by Gasteiger charge is 2.41. The van der Waals surface area contributed by atoms with Crippen molar-refractivity contribution >= 4 is 11.8 Å². The van der Waals surface area contributed by atoms with E-state index >= 15 is 0 Å². The van der Waals surface area contributed by atoms with Crippen LogP contribution in [0.25, 0.3) is 0 Å². The number of nitrogens with one attached hydrogen (secondary N) is 1. The van der Waals surface area contributed by atoms with Crippen LogP contribution in [-0.4, -0.2) is 17.8 Å².